The van der Waals surface area contributed by atoms with Gasteiger partial charge in [-0.25, -0.2) is 15.0 Å². The van der Waals surface area contributed by atoms with Gasteiger partial charge < -0.3 is 9.80 Å². The van der Waals surface area contributed by atoms with Crippen molar-refractivity contribution in [3.63, 3.8) is 0 Å². The molecule has 3 N–H and O–H groups in total. The van der Waals surface area contributed by atoms with Gasteiger partial charge in [0.25, 0.3) is 0 Å². The molecule has 1 aromatic heterocycles. The van der Waals surface area contributed by atoms with E-state index in [1.54, 1.807) is 6.92 Å². The van der Waals surface area contributed by atoms with Crippen molar-refractivity contribution in [3.8, 4) is 0 Å². The fourth-order valence-electron chi connectivity index (χ4n) is 5.07. The molecule has 0 bridgehead atoms. The Balaban J connectivity index is 1.71. The fourth-order valence-corrected chi connectivity index (χ4v) is 5.07. The van der Waals surface area contributed by atoms with E-state index in [4.69, 9.17) is 0 Å². The van der Waals surface area contributed by atoms with Gasteiger partial charge in [0.1, 0.15) is 5.82 Å². The Morgan fingerprint density at radius 2 is 1.97 bits per heavy atom. The maximum atomic E-state index is 15.5. The summed E-state index contributed by atoms with van der Waals surface area (Å²) in [5, 5.41) is 10.2. The van der Waals surface area contributed by atoms with Crippen molar-refractivity contribution in [2.75, 3.05) is 37.0 Å². The topological polar surface area (TPSA) is 114 Å². The average molecular weight is 494 g/mol. The molecular formula is C24H40FN7O3. The number of nitrogens with zero attached hydrogens (tertiary/aromatic N) is 5. The predicted octanol–water partition coefficient (Wildman–Crippen LogP) is 2.72. The number of hydrogen-bond acceptors (Lipinski definition) is 8. The average Bonchev–Trinajstić information content (AvgIpc) is 3.50. The summed E-state index contributed by atoms with van der Waals surface area (Å²) in [6, 6.07) is 0.524. The predicted molar refractivity (Wildman–Crippen MR) is 131 cm³/mol. The summed E-state index contributed by atoms with van der Waals surface area (Å²) in [5.41, 5.74) is 5.18. The largest absolute Gasteiger partial charge is 0.350 e. The highest BCUT2D eigenvalue weighted by Gasteiger charge is 2.31. The molecule has 1 saturated heterocycles. The third-order valence-corrected chi connectivity index (χ3v) is 7.27. The van der Waals surface area contributed by atoms with Gasteiger partial charge in [-0.2, -0.15) is 4.39 Å². The van der Waals surface area contributed by atoms with E-state index in [1.165, 1.54) is 0 Å². The van der Waals surface area contributed by atoms with Crippen molar-refractivity contribution < 1.29 is 19.2 Å². The zero-order valence-corrected chi connectivity index (χ0v) is 21.3. The number of aromatic nitrogens is 2. The van der Waals surface area contributed by atoms with E-state index in [0.717, 1.165) is 45.1 Å². The molecule has 3 rings (SSSR count). The first-order valence-electron chi connectivity index (χ1n) is 12.7. The lowest BCUT2D eigenvalue weighted by Crippen LogP contribution is -2.43. The van der Waals surface area contributed by atoms with Crippen LogP contribution in [-0.4, -0.2) is 76.2 Å². The number of carbonyl (C=O) groups is 2. The zero-order valence-electron chi connectivity index (χ0n) is 21.3. The number of rotatable bonds is 12. The molecule has 11 heteroatoms. The molecule has 0 aromatic carbocycles. The van der Waals surface area contributed by atoms with Crippen LogP contribution in [-0.2, 0) is 9.59 Å². The number of likely N-dealkylation sites (N-methyl/N-ethyl adjacent to an activating group) is 1. The van der Waals surface area contributed by atoms with Crippen molar-refractivity contribution in [2.24, 2.45) is 11.8 Å². The number of nitrogens with one attached hydrogen (secondary N) is 2. The fraction of sp³-hybridized carbons (Fsp3) is 0.750. The lowest BCUT2D eigenvalue weighted by Gasteiger charge is -2.31. The second kappa shape index (κ2) is 12.4. The third kappa shape index (κ3) is 7.23. The van der Waals surface area contributed by atoms with Crippen LogP contribution in [0.4, 0.5) is 16.0 Å². The summed E-state index contributed by atoms with van der Waals surface area (Å²) in [4.78, 5) is 36.6. The number of halogens is 1. The number of amides is 2. The molecule has 1 aromatic rings. The van der Waals surface area contributed by atoms with Crippen molar-refractivity contribution in [3.05, 3.63) is 11.6 Å². The number of hydroxylamine groups is 2. The van der Waals surface area contributed by atoms with E-state index in [-0.39, 0.29) is 30.6 Å². The van der Waals surface area contributed by atoms with E-state index < -0.39 is 17.6 Å². The van der Waals surface area contributed by atoms with Crippen LogP contribution in [0.3, 0.4) is 0 Å². The Labute approximate surface area is 207 Å². The van der Waals surface area contributed by atoms with Gasteiger partial charge in [-0.15, -0.1) is 0 Å². The number of hydrogen-bond donors (Lipinski definition) is 3. The minimum absolute atomic E-state index is 0.0976. The first kappa shape index (κ1) is 27.1. The van der Waals surface area contributed by atoms with E-state index in [1.807, 2.05) is 4.90 Å². The number of anilines is 2. The minimum Gasteiger partial charge on any atom is -0.350 e. The smallest absolute Gasteiger partial charge is 0.243 e. The molecule has 1 saturated carbocycles. The number of carbonyl (C=O) groups excluding carboxylic acids is 2. The molecule has 35 heavy (non-hydrogen) atoms. The zero-order chi connectivity index (χ0) is 25.5. The summed E-state index contributed by atoms with van der Waals surface area (Å²) in [5.74, 6) is -0.761. The van der Waals surface area contributed by atoms with Crippen LogP contribution < -0.4 is 15.8 Å². The Morgan fingerprint density at radius 1 is 1.26 bits per heavy atom. The summed E-state index contributed by atoms with van der Waals surface area (Å²) < 4.78 is 15.5. The molecule has 0 radical (unpaired) electrons. The van der Waals surface area contributed by atoms with Crippen molar-refractivity contribution in [1.82, 2.24) is 25.4 Å². The monoisotopic (exact) mass is 493 g/mol. The van der Waals surface area contributed by atoms with E-state index in [9.17, 15) is 14.8 Å². The number of aryl methyl sites for hydroxylation is 1. The molecule has 0 unspecified atom stereocenters. The first-order valence-corrected chi connectivity index (χ1v) is 12.7. The third-order valence-electron chi connectivity index (χ3n) is 7.27. The van der Waals surface area contributed by atoms with Crippen LogP contribution >= 0.6 is 0 Å². The van der Waals surface area contributed by atoms with Gasteiger partial charge in [0.15, 0.2) is 11.6 Å². The molecule has 0 spiro atoms. The lowest BCUT2D eigenvalue weighted by molar-refractivity contribution is -0.154. The quantitative estimate of drug-likeness (QED) is 0.231. The van der Waals surface area contributed by atoms with E-state index >= 15 is 4.39 Å². The highest BCUT2D eigenvalue weighted by atomic mass is 19.1. The maximum Gasteiger partial charge on any atom is 0.243 e. The highest BCUT2D eigenvalue weighted by molar-refractivity contribution is 5.80. The molecule has 1 aliphatic carbocycles. The number of hydrazine groups is 1. The molecule has 2 heterocycles. The summed E-state index contributed by atoms with van der Waals surface area (Å²) in [6.45, 7) is 7.34. The SMILES string of the molecule is Cc1nc(NNC(=O)[C@H](CC2CCCC2)CN(O)C=O)c(F)c(N2CCC[C@H]2CN(C)C(C)C)n1. The second-order valence-electron chi connectivity index (χ2n) is 10.2. The molecule has 2 amide bonds. The molecule has 10 nitrogen and oxygen atoms in total. The Bertz CT molecular complexity index is 866. The van der Waals surface area contributed by atoms with Crippen LogP contribution in [0.2, 0.25) is 0 Å². The van der Waals surface area contributed by atoms with Gasteiger partial charge in [0.05, 0.1) is 12.5 Å². The lowest BCUT2D eigenvalue weighted by atomic mass is 9.92. The van der Waals surface area contributed by atoms with Crippen molar-refractivity contribution in [1.29, 1.82) is 0 Å². The van der Waals surface area contributed by atoms with Gasteiger partial charge in [0, 0.05) is 25.2 Å². The highest BCUT2D eigenvalue weighted by Crippen LogP contribution is 2.31. The molecule has 1 aliphatic heterocycles. The summed E-state index contributed by atoms with van der Waals surface area (Å²) >= 11 is 0. The molecule has 196 valence electrons. The van der Waals surface area contributed by atoms with E-state index in [2.05, 4.69) is 46.6 Å². The Hall–Kier alpha value is -2.53. The van der Waals surface area contributed by atoms with Gasteiger partial charge in [-0.05, 0) is 53.0 Å². The van der Waals surface area contributed by atoms with Crippen LogP contribution in [0.15, 0.2) is 0 Å². The summed E-state index contributed by atoms with van der Waals surface area (Å²) in [7, 11) is 2.06. The van der Waals surface area contributed by atoms with Gasteiger partial charge >= 0.3 is 0 Å². The van der Waals surface area contributed by atoms with Crippen molar-refractivity contribution >= 4 is 24.0 Å². The minimum atomic E-state index is -0.624. The second-order valence-corrected chi connectivity index (χ2v) is 10.2. The summed E-state index contributed by atoms with van der Waals surface area (Å²) in [6.07, 6.45) is 7.02. The molecule has 2 aliphatic rings. The molecular weight excluding hydrogens is 453 g/mol. The van der Waals surface area contributed by atoms with E-state index in [0.29, 0.717) is 35.8 Å². The molecule has 2 fully saturated rings. The van der Waals surface area contributed by atoms with Crippen molar-refractivity contribution in [2.45, 2.75) is 77.8 Å². The normalized spacial score (nSPS) is 19.4. The standard InChI is InChI=1S/C24H40FN7O3/c1-16(2)30(4)14-20-10-7-11-32(20)23-21(25)22(26-17(3)27-23)28-29-24(34)19(13-31(35)15-33)12-18-8-5-6-9-18/h15-16,18-20,35H,5-14H2,1-4H3,(H,29,34)(H,26,27,28)/t19-,20+/m1/s1. The van der Waals surface area contributed by atoms with Crippen LogP contribution in [0.25, 0.3) is 0 Å². The van der Waals surface area contributed by atoms with Crippen LogP contribution in [0.1, 0.15) is 64.6 Å². The first-order chi connectivity index (χ1) is 16.7. The van der Waals surface area contributed by atoms with Crippen LogP contribution in [0, 0.1) is 24.6 Å². The van der Waals surface area contributed by atoms with Gasteiger partial charge in [-0.3, -0.25) is 25.6 Å². The van der Waals surface area contributed by atoms with Crippen LogP contribution in [0.5, 0.6) is 0 Å². The Kier molecular flexibility index (Phi) is 9.62. The van der Waals surface area contributed by atoms with Gasteiger partial charge in [-0.1, -0.05) is 25.7 Å². The Morgan fingerprint density at radius 3 is 2.63 bits per heavy atom. The van der Waals surface area contributed by atoms with Gasteiger partial charge in [0.2, 0.25) is 18.1 Å². The maximum absolute atomic E-state index is 15.5. The molecule has 2 atom stereocenters.